The van der Waals surface area contributed by atoms with Gasteiger partial charge < -0.3 is 5.11 Å². The third kappa shape index (κ3) is 3.11. The lowest BCUT2D eigenvalue weighted by atomic mass is 9.92. The molecule has 0 aliphatic carbocycles. The smallest absolute Gasteiger partial charge is 0.335 e. The molecular formula is C18H17NO2. The van der Waals surface area contributed by atoms with Crippen molar-refractivity contribution in [1.82, 2.24) is 0 Å². The van der Waals surface area contributed by atoms with Crippen molar-refractivity contribution in [2.45, 2.75) is 26.2 Å². The summed E-state index contributed by atoms with van der Waals surface area (Å²) in [7, 11) is 0. The predicted molar refractivity (Wildman–Crippen MR) is 82.3 cm³/mol. The van der Waals surface area contributed by atoms with Crippen LogP contribution in [0.5, 0.6) is 0 Å². The molecular weight excluding hydrogens is 262 g/mol. The number of nitrogens with zero attached hydrogens (tertiary/aromatic N) is 1. The third-order valence-corrected chi connectivity index (χ3v) is 3.77. The summed E-state index contributed by atoms with van der Waals surface area (Å²) >= 11 is 0. The summed E-state index contributed by atoms with van der Waals surface area (Å²) in [6.07, 6.45) is 1.05. The molecule has 106 valence electrons. The first kappa shape index (κ1) is 14.8. The molecule has 0 radical (unpaired) electrons. The fraction of sp³-hybridized carbons (Fsp3) is 0.222. The van der Waals surface area contributed by atoms with E-state index in [1.165, 1.54) is 17.7 Å². The van der Waals surface area contributed by atoms with Crippen molar-refractivity contribution in [3.05, 3.63) is 59.2 Å². The Labute approximate surface area is 124 Å². The Kier molecular flexibility index (Phi) is 4.39. The fourth-order valence-electron chi connectivity index (χ4n) is 2.27. The zero-order chi connectivity index (χ0) is 15.4. The Balaban J connectivity index is 2.52. The summed E-state index contributed by atoms with van der Waals surface area (Å²) in [6, 6.07) is 14.8. The maximum absolute atomic E-state index is 11.0. The van der Waals surface area contributed by atoms with Crippen LogP contribution in [0.15, 0.2) is 42.5 Å². The van der Waals surface area contributed by atoms with E-state index in [0.29, 0.717) is 11.5 Å². The van der Waals surface area contributed by atoms with Crippen LogP contribution in [0.2, 0.25) is 0 Å². The molecule has 0 aliphatic rings. The zero-order valence-corrected chi connectivity index (χ0v) is 12.1. The summed E-state index contributed by atoms with van der Waals surface area (Å²) in [5.41, 5.74) is 3.46. The van der Waals surface area contributed by atoms with Crippen molar-refractivity contribution in [1.29, 1.82) is 5.26 Å². The van der Waals surface area contributed by atoms with Gasteiger partial charge in [0.2, 0.25) is 0 Å². The van der Waals surface area contributed by atoms with Crippen LogP contribution < -0.4 is 0 Å². The molecule has 0 amide bonds. The van der Waals surface area contributed by atoms with E-state index in [-0.39, 0.29) is 5.56 Å². The van der Waals surface area contributed by atoms with E-state index >= 15 is 0 Å². The number of hydrogen-bond acceptors (Lipinski definition) is 2. The maximum Gasteiger partial charge on any atom is 0.335 e. The highest BCUT2D eigenvalue weighted by molar-refractivity contribution is 5.89. The van der Waals surface area contributed by atoms with Crippen LogP contribution in [0, 0.1) is 11.3 Å². The second kappa shape index (κ2) is 6.23. The summed E-state index contributed by atoms with van der Waals surface area (Å²) in [5, 5.41) is 18.3. The van der Waals surface area contributed by atoms with Gasteiger partial charge in [0.05, 0.1) is 17.2 Å². The number of aromatic carboxylic acids is 1. The van der Waals surface area contributed by atoms with Gasteiger partial charge in [-0.3, -0.25) is 0 Å². The minimum atomic E-state index is -1.02. The Bertz CT molecular complexity index is 713. The van der Waals surface area contributed by atoms with Crippen LogP contribution in [-0.2, 0) is 0 Å². The number of hydrogen-bond donors (Lipinski definition) is 1. The zero-order valence-electron chi connectivity index (χ0n) is 12.1. The molecule has 0 aromatic heterocycles. The fourth-order valence-corrected chi connectivity index (χ4v) is 2.27. The monoisotopic (exact) mass is 279 g/mol. The lowest BCUT2D eigenvalue weighted by Gasteiger charge is -2.12. The highest BCUT2D eigenvalue weighted by atomic mass is 16.4. The number of rotatable bonds is 4. The minimum absolute atomic E-state index is 0.133. The molecule has 0 bridgehead atoms. The molecule has 21 heavy (non-hydrogen) atoms. The molecule has 0 heterocycles. The first-order valence-electron chi connectivity index (χ1n) is 6.94. The maximum atomic E-state index is 11.0. The highest BCUT2D eigenvalue weighted by Crippen LogP contribution is 2.28. The summed E-state index contributed by atoms with van der Waals surface area (Å²) in [6.45, 7) is 4.30. The average molecular weight is 279 g/mol. The number of carboxylic acid groups (broad SMARTS) is 1. The molecule has 1 atom stereocenters. The molecule has 3 heteroatoms. The Hall–Kier alpha value is -2.60. The second-order valence-electron chi connectivity index (χ2n) is 5.11. The summed E-state index contributed by atoms with van der Waals surface area (Å²) in [4.78, 5) is 11.0. The largest absolute Gasteiger partial charge is 0.478 e. The minimum Gasteiger partial charge on any atom is -0.478 e. The first-order valence-corrected chi connectivity index (χ1v) is 6.94. The van der Waals surface area contributed by atoms with Gasteiger partial charge in [-0.2, -0.15) is 5.26 Å². The third-order valence-electron chi connectivity index (χ3n) is 3.77. The van der Waals surface area contributed by atoms with Crippen molar-refractivity contribution in [3.63, 3.8) is 0 Å². The molecule has 0 saturated heterocycles. The number of nitriles is 1. The summed E-state index contributed by atoms with van der Waals surface area (Å²) in [5.74, 6) is -0.569. The van der Waals surface area contributed by atoms with E-state index in [1.807, 2.05) is 12.1 Å². The molecule has 1 unspecified atom stereocenters. The van der Waals surface area contributed by atoms with Crippen molar-refractivity contribution in [3.8, 4) is 17.2 Å². The SMILES string of the molecule is CCC(C)c1cccc(-c2ccc(C(=O)O)cc2C#N)c1. The van der Waals surface area contributed by atoms with Gasteiger partial charge in [-0.25, -0.2) is 4.79 Å². The first-order chi connectivity index (χ1) is 10.1. The van der Waals surface area contributed by atoms with Gasteiger partial charge in [0.25, 0.3) is 0 Å². The van der Waals surface area contributed by atoms with Crippen molar-refractivity contribution >= 4 is 5.97 Å². The van der Waals surface area contributed by atoms with Gasteiger partial charge in [0, 0.05) is 0 Å². The second-order valence-corrected chi connectivity index (χ2v) is 5.11. The van der Waals surface area contributed by atoms with Gasteiger partial charge in [0.15, 0.2) is 0 Å². The van der Waals surface area contributed by atoms with E-state index in [1.54, 1.807) is 6.07 Å². The predicted octanol–water partition coefficient (Wildman–Crippen LogP) is 4.44. The van der Waals surface area contributed by atoms with E-state index in [2.05, 4.69) is 32.0 Å². The van der Waals surface area contributed by atoms with Crippen LogP contribution >= 0.6 is 0 Å². The normalized spacial score (nSPS) is 11.7. The molecule has 2 aromatic rings. The van der Waals surface area contributed by atoms with E-state index in [9.17, 15) is 10.1 Å². The lowest BCUT2D eigenvalue weighted by Crippen LogP contribution is -1.98. The van der Waals surface area contributed by atoms with E-state index in [4.69, 9.17) is 5.11 Å². The van der Waals surface area contributed by atoms with Crippen molar-refractivity contribution in [2.75, 3.05) is 0 Å². The van der Waals surface area contributed by atoms with Gasteiger partial charge >= 0.3 is 5.97 Å². The Morgan fingerprint density at radius 3 is 2.67 bits per heavy atom. The van der Waals surface area contributed by atoms with Crippen LogP contribution in [0.1, 0.15) is 47.7 Å². The molecule has 0 aliphatic heterocycles. The highest BCUT2D eigenvalue weighted by Gasteiger charge is 2.11. The average Bonchev–Trinajstić information content (AvgIpc) is 2.53. The standard InChI is InChI=1S/C18H17NO2/c1-3-12(2)13-5-4-6-14(9-13)17-8-7-15(18(20)21)10-16(17)11-19/h4-10,12H,3H2,1-2H3,(H,20,21). The molecule has 0 fully saturated rings. The van der Waals surface area contributed by atoms with Gasteiger partial charge in [-0.1, -0.05) is 44.2 Å². The van der Waals surface area contributed by atoms with Crippen LogP contribution in [-0.4, -0.2) is 11.1 Å². The quantitative estimate of drug-likeness (QED) is 0.900. The molecule has 3 nitrogen and oxygen atoms in total. The van der Waals surface area contributed by atoms with Gasteiger partial charge in [-0.05, 0) is 41.2 Å². The van der Waals surface area contributed by atoms with Crippen LogP contribution in [0.25, 0.3) is 11.1 Å². The van der Waals surface area contributed by atoms with Gasteiger partial charge in [-0.15, -0.1) is 0 Å². The Morgan fingerprint density at radius 1 is 1.29 bits per heavy atom. The van der Waals surface area contributed by atoms with E-state index in [0.717, 1.165) is 17.5 Å². The molecule has 1 N–H and O–H groups in total. The number of benzene rings is 2. The van der Waals surface area contributed by atoms with Crippen LogP contribution in [0.3, 0.4) is 0 Å². The van der Waals surface area contributed by atoms with Crippen LogP contribution in [0.4, 0.5) is 0 Å². The van der Waals surface area contributed by atoms with Crippen molar-refractivity contribution in [2.24, 2.45) is 0 Å². The summed E-state index contributed by atoms with van der Waals surface area (Å²) < 4.78 is 0. The number of carbonyl (C=O) groups is 1. The Morgan fingerprint density at radius 2 is 2.05 bits per heavy atom. The van der Waals surface area contributed by atoms with E-state index < -0.39 is 5.97 Å². The van der Waals surface area contributed by atoms with Crippen molar-refractivity contribution < 1.29 is 9.90 Å². The molecule has 2 aromatic carbocycles. The molecule has 0 saturated carbocycles. The molecule has 2 rings (SSSR count). The number of carboxylic acids is 1. The van der Waals surface area contributed by atoms with Gasteiger partial charge in [0.1, 0.15) is 0 Å². The lowest BCUT2D eigenvalue weighted by molar-refractivity contribution is 0.0697. The topological polar surface area (TPSA) is 61.1 Å². The molecule has 0 spiro atoms.